The zero-order chi connectivity index (χ0) is 35.6. The van der Waals surface area contributed by atoms with Crippen molar-refractivity contribution in [1.29, 1.82) is 0 Å². The lowest BCUT2D eigenvalue weighted by Crippen LogP contribution is -2.69. The molecule has 1 fully saturated rings. The van der Waals surface area contributed by atoms with E-state index in [-0.39, 0.29) is 56.5 Å². The number of oxime groups is 1. The number of allylic oxidation sites excluding steroid dienone is 1. The van der Waals surface area contributed by atoms with Gasteiger partial charge in [-0.05, 0) is 99.8 Å². The smallest absolute Gasteiger partial charge is 0.317 e. The summed E-state index contributed by atoms with van der Waals surface area (Å²) in [6, 6.07) is 9.20. The molecule has 6 atom stereocenters. The van der Waals surface area contributed by atoms with E-state index in [1.54, 1.807) is 25.2 Å². The minimum atomic E-state index is -1.85. The fraction of sp³-hybridized carbons (Fsp3) is 0.579. The Kier molecular flexibility index (Phi) is 10.5. The topological polar surface area (TPSA) is 163 Å². The van der Waals surface area contributed by atoms with Gasteiger partial charge >= 0.3 is 6.03 Å². The highest BCUT2D eigenvalue weighted by molar-refractivity contribution is 6.03. The number of amides is 2. The summed E-state index contributed by atoms with van der Waals surface area (Å²) >= 11 is 0. The summed E-state index contributed by atoms with van der Waals surface area (Å²) in [7, 11) is 1.65. The van der Waals surface area contributed by atoms with Crippen molar-refractivity contribution in [1.82, 2.24) is 10.2 Å². The fourth-order valence-corrected chi connectivity index (χ4v) is 8.05. The zero-order valence-electron chi connectivity index (χ0n) is 29.4. The number of benzene rings is 2. The third-order valence-corrected chi connectivity index (χ3v) is 10.4. The van der Waals surface area contributed by atoms with Gasteiger partial charge in [0.15, 0.2) is 11.5 Å². The lowest BCUT2D eigenvalue weighted by molar-refractivity contribution is -0.226. The summed E-state index contributed by atoms with van der Waals surface area (Å²) in [4.78, 5) is 21.4. The molecule has 4 aliphatic rings. The molecular formula is C38H51N3O9. The number of carbonyl (C=O) groups is 1. The summed E-state index contributed by atoms with van der Waals surface area (Å²) in [6.45, 7) is 6.31. The van der Waals surface area contributed by atoms with E-state index < -0.39 is 29.4 Å². The summed E-state index contributed by atoms with van der Waals surface area (Å²) in [5.74, 6) is -0.889. The van der Waals surface area contributed by atoms with Crippen molar-refractivity contribution in [3.05, 3.63) is 59.2 Å². The third kappa shape index (κ3) is 7.24. The van der Waals surface area contributed by atoms with Crippen LogP contribution in [0.5, 0.6) is 23.0 Å². The molecule has 12 heteroatoms. The van der Waals surface area contributed by atoms with Crippen molar-refractivity contribution in [2.45, 2.75) is 95.6 Å². The molecule has 2 aromatic rings. The minimum Gasteiger partial charge on any atom is -0.508 e. The van der Waals surface area contributed by atoms with Gasteiger partial charge in [-0.25, -0.2) is 4.79 Å². The second-order valence-corrected chi connectivity index (χ2v) is 14.9. The highest BCUT2D eigenvalue weighted by Gasteiger charge is 2.63. The van der Waals surface area contributed by atoms with Crippen molar-refractivity contribution < 1.29 is 44.3 Å². The van der Waals surface area contributed by atoms with E-state index in [1.807, 2.05) is 39.0 Å². The van der Waals surface area contributed by atoms with Gasteiger partial charge in [0.1, 0.15) is 23.1 Å². The number of rotatable bonds is 12. The predicted octanol–water partition coefficient (Wildman–Crippen LogP) is 5.18. The zero-order valence-corrected chi connectivity index (χ0v) is 29.4. The Bertz CT molecular complexity index is 1600. The van der Waals surface area contributed by atoms with Crippen molar-refractivity contribution in [2.75, 3.05) is 27.1 Å². The van der Waals surface area contributed by atoms with Crippen LogP contribution < -0.4 is 19.5 Å². The fourth-order valence-electron chi connectivity index (χ4n) is 8.05. The van der Waals surface area contributed by atoms with Crippen LogP contribution in [0.1, 0.15) is 82.8 Å². The van der Waals surface area contributed by atoms with Gasteiger partial charge in [-0.2, -0.15) is 0 Å². The number of phenolic OH excluding ortho intramolecular Hbond substituents is 1. The number of nitrogens with one attached hydrogen (secondary N) is 1. The van der Waals surface area contributed by atoms with Gasteiger partial charge in [0, 0.05) is 44.7 Å². The van der Waals surface area contributed by atoms with Crippen LogP contribution in [0, 0.1) is 17.8 Å². The van der Waals surface area contributed by atoms with Crippen LogP contribution in [-0.2, 0) is 11.4 Å². The molecule has 2 aliphatic heterocycles. The van der Waals surface area contributed by atoms with E-state index >= 15 is 0 Å². The number of phenols is 1. The molecule has 2 amide bonds. The first kappa shape index (κ1) is 35.8. The first-order valence-electron chi connectivity index (χ1n) is 17.8. The molecule has 272 valence electrons. The Morgan fingerprint density at radius 2 is 1.74 bits per heavy atom. The van der Waals surface area contributed by atoms with Crippen LogP contribution in [0.3, 0.4) is 0 Å². The molecule has 0 spiro atoms. The van der Waals surface area contributed by atoms with E-state index in [0.717, 1.165) is 42.4 Å². The molecule has 0 saturated heterocycles. The molecule has 0 radical (unpaired) electrons. The van der Waals surface area contributed by atoms with E-state index in [1.165, 1.54) is 4.90 Å². The van der Waals surface area contributed by atoms with Gasteiger partial charge in [-0.3, -0.25) is 0 Å². The molecule has 12 nitrogen and oxygen atoms in total. The number of likely N-dealkylation sites (N-methyl/N-ethyl adjacent to an activating group) is 1. The van der Waals surface area contributed by atoms with Crippen molar-refractivity contribution in [3.8, 4) is 23.0 Å². The first-order valence-corrected chi connectivity index (χ1v) is 17.8. The maximum absolute atomic E-state index is 13.9. The molecule has 6 rings (SSSR count). The summed E-state index contributed by atoms with van der Waals surface area (Å²) in [6.07, 6.45) is 6.84. The number of unbranched alkanes of at least 4 members (excludes halogenated alkanes) is 2. The SMILES string of the molecule is CN(C(=O)NCc1ccc2c(c1)OCO2)C1CC(=NOC(C)(C)C)C2=CC(CCCCO)C(CCCCO)C3c4cc(O)ccc4OC1(O)C23. The van der Waals surface area contributed by atoms with Gasteiger partial charge in [-0.15, -0.1) is 0 Å². The third-order valence-electron chi connectivity index (χ3n) is 10.4. The highest BCUT2D eigenvalue weighted by Crippen LogP contribution is 2.60. The summed E-state index contributed by atoms with van der Waals surface area (Å²) < 4.78 is 17.5. The lowest BCUT2D eigenvalue weighted by atomic mass is 9.55. The molecule has 2 heterocycles. The van der Waals surface area contributed by atoms with Crippen LogP contribution in [-0.4, -0.2) is 81.6 Å². The number of nitrogens with zero attached hydrogens (tertiary/aromatic N) is 2. The van der Waals surface area contributed by atoms with Crippen molar-refractivity contribution in [3.63, 3.8) is 0 Å². The maximum atomic E-state index is 13.9. The molecule has 2 aliphatic carbocycles. The lowest BCUT2D eigenvalue weighted by Gasteiger charge is -2.58. The Labute approximate surface area is 293 Å². The standard InChI is InChI=1S/C38H51N3O9/c1-37(2,3)50-40-29-20-33(41(4)36(45)39-21-23-11-13-31-32(17-23)48-22-47-31)38(46)35-27(29)18-24(9-5-7-15-42)26(10-6-8-16-43)34(35)28-19-25(44)12-14-30(28)49-38/h11-14,17-19,24,26,33-35,42-44,46H,5-10,15-16,20-22H2,1-4H3,(H,39,45). The van der Waals surface area contributed by atoms with Gasteiger partial charge in [0.2, 0.25) is 12.6 Å². The largest absolute Gasteiger partial charge is 0.508 e. The Hall–Kier alpha value is -4.00. The number of carbonyl (C=O) groups excluding carboxylic acids is 1. The number of urea groups is 1. The Morgan fingerprint density at radius 3 is 2.48 bits per heavy atom. The second kappa shape index (κ2) is 14.7. The van der Waals surface area contributed by atoms with Gasteiger partial charge < -0.3 is 49.7 Å². The number of aliphatic hydroxyl groups is 3. The molecule has 50 heavy (non-hydrogen) atoms. The molecule has 2 aromatic carbocycles. The van der Waals surface area contributed by atoms with Crippen LogP contribution >= 0.6 is 0 Å². The average molecular weight is 694 g/mol. The number of aliphatic hydroxyl groups excluding tert-OH is 2. The van der Waals surface area contributed by atoms with Crippen LogP contribution in [0.15, 0.2) is 53.2 Å². The summed E-state index contributed by atoms with van der Waals surface area (Å²) in [5.41, 5.74) is 2.48. The average Bonchev–Trinajstić information content (AvgIpc) is 3.55. The monoisotopic (exact) mass is 693 g/mol. The van der Waals surface area contributed by atoms with Crippen molar-refractivity contribution in [2.24, 2.45) is 22.9 Å². The highest BCUT2D eigenvalue weighted by atomic mass is 16.7. The number of fused-ring (bicyclic) bond motifs is 3. The molecule has 6 unspecified atom stereocenters. The molecule has 5 N–H and O–H groups in total. The molecular weight excluding hydrogens is 642 g/mol. The van der Waals surface area contributed by atoms with E-state index in [2.05, 4.69) is 11.4 Å². The quantitative estimate of drug-likeness (QED) is 0.149. The number of hydrogen-bond donors (Lipinski definition) is 5. The van der Waals surface area contributed by atoms with Gasteiger partial charge in [0.25, 0.3) is 0 Å². The minimum absolute atomic E-state index is 0.0126. The van der Waals surface area contributed by atoms with E-state index in [9.17, 15) is 25.2 Å². The first-order chi connectivity index (χ1) is 23.9. The van der Waals surface area contributed by atoms with E-state index in [0.29, 0.717) is 35.8 Å². The van der Waals surface area contributed by atoms with Crippen LogP contribution in [0.4, 0.5) is 4.79 Å². The molecule has 0 bridgehead atoms. The van der Waals surface area contributed by atoms with Gasteiger partial charge in [0.05, 0.1) is 11.6 Å². The predicted molar refractivity (Wildman–Crippen MR) is 186 cm³/mol. The number of ether oxygens (including phenoxy) is 3. The Morgan fingerprint density at radius 1 is 1.02 bits per heavy atom. The Balaban J connectivity index is 1.41. The second-order valence-electron chi connectivity index (χ2n) is 14.9. The van der Waals surface area contributed by atoms with Crippen molar-refractivity contribution >= 4 is 11.7 Å². The molecule has 1 saturated carbocycles. The van der Waals surface area contributed by atoms with Crippen LogP contribution in [0.2, 0.25) is 0 Å². The number of hydrogen-bond acceptors (Lipinski definition) is 10. The van der Waals surface area contributed by atoms with Gasteiger partial charge in [-0.1, -0.05) is 30.1 Å². The molecule has 0 aromatic heterocycles. The summed E-state index contributed by atoms with van der Waals surface area (Å²) in [5, 5.41) is 50.7. The number of aromatic hydroxyl groups is 1. The normalized spacial score (nSPS) is 27.1. The maximum Gasteiger partial charge on any atom is 0.317 e. The van der Waals surface area contributed by atoms with E-state index in [4.69, 9.17) is 24.2 Å². The van der Waals surface area contributed by atoms with Crippen LogP contribution in [0.25, 0.3) is 0 Å².